The Morgan fingerprint density at radius 2 is 1.68 bits per heavy atom. The molecule has 1 saturated heterocycles. The summed E-state index contributed by atoms with van der Waals surface area (Å²) in [4.78, 5) is 24.4. The molecule has 2 aliphatic rings. The van der Waals surface area contributed by atoms with Gasteiger partial charge >= 0.3 is 6.03 Å². The van der Waals surface area contributed by atoms with Gasteiger partial charge in [0.05, 0.1) is 11.4 Å². The molecule has 0 bridgehead atoms. The Bertz CT molecular complexity index is 1470. The molecule has 1 N–H and O–H groups in total. The van der Waals surface area contributed by atoms with Gasteiger partial charge in [-0.25, -0.2) is 4.79 Å². The van der Waals surface area contributed by atoms with Gasteiger partial charge in [0.25, 0.3) is 0 Å². The molecule has 6 rings (SSSR count). The molecular weight excluding hydrogens is 458 g/mol. The Morgan fingerprint density at radius 3 is 2.43 bits per heavy atom. The van der Waals surface area contributed by atoms with Crippen LogP contribution in [0.25, 0.3) is 28.0 Å². The van der Waals surface area contributed by atoms with Gasteiger partial charge in [0.15, 0.2) is 0 Å². The smallest absolute Gasteiger partial charge is 0.326 e. The molecule has 2 amide bonds. The van der Waals surface area contributed by atoms with E-state index in [1.54, 1.807) is 12.4 Å². The number of urea groups is 1. The number of fused-ring (bicyclic) bond motifs is 2. The lowest BCUT2D eigenvalue weighted by Crippen LogP contribution is -2.44. The molecule has 6 heteroatoms. The fraction of sp³-hybridized carbons (Fsp3) is 0.226. The average Bonchev–Trinajstić information content (AvgIpc) is 3.36. The van der Waals surface area contributed by atoms with Crippen molar-refractivity contribution in [2.75, 3.05) is 54.9 Å². The zero-order valence-corrected chi connectivity index (χ0v) is 21.2. The summed E-state index contributed by atoms with van der Waals surface area (Å²) in [5.74, 6) is 0. The number of amides is 2. The average molecular weight is 490 g/mol. The van der Waals surface area contributed by atoms with Crippen LogP contribution in [0.4, 0.5) is 21.9 Å². The number of nitrogens with zero attached hydrogens (tertiary/aromatic N) is 4. The van der Waals surface area contributed by atoms with Crippen molar-refractivity contribution in [2.45, 2.75) is 6.42 Å². The second-order valence-corrected chi connectivity index (χ2v) is 9.81. The molecule has 0 unspecified atom stereocenters. The number of hydrogen-bond donors (Lipinski definition) is 1. The Morgan fingerprint density at radius 1 is 0.919 bits per heavy atom. The van der Waals surface area contributed by atoms with Gasteiger partial charge in [0.2, 0.25) is 0 Å². The van der Waals surface area contributed by atoms with Gasteiger partial charge in [0.1, 0.15) is 0 Å². The van der Waals surface area contributed by atoms with Crippen molar-refractivity contribution in [2.24, 2.45) is 0 Å². The number of carbonyl (C=O) groups is 1. The quantitative estimate of drug-likeness (QED) is 0.388. The monoisotopic (exact) mass is 489 g/mol. The maximum atomic E-state index is 13.6. The number of benzene rings is 3. The van der Waals surface area contributed by atoms with Crippen LogP contribution in [0, 0.1) is 0 Å². The standard InChI is InChI=1S/C31H31N5O/c1-3-22-20-24-12-15-36(30(24)21-29(22)35-18-16-34(2)17-19-35)31(37)33-28-9-8-25(23-10-13-32-14-11-23)26-6-4-5-7-27(26)28/h3-11,13-14,20-21H,1,12,15-19H2,2H3,(H,33,37). The Labute approximate surface area is 217 Å². The topological polar surface area (TPSA) is 51.7 Å². The molecule has 0 spiro atoms. The minimum Gasteiger partial charge on any atom is -0.368 e. The van der Waals surface area contributed by atoms with Crippen molar-refractivity contribution in [3.8, 4) is 11.1 Å². The van der Waals surface area contributed by atoms with E-state index >= 15 is 0 Å². The molecule has 1 fully saturated rings. The van der Waals surface area contributed by atoms with Crippen LogP contribution in [0.5, 0.6) is 0 Å². The molecule has 1 aromatic heterocycles. The normalized spacial score (nSPS) is 15.6. The first-order chi connectivity index (χ1) is 18.1. The summed E-state index contributed by atoms with van der Waals surface area (Å²) in [5, 5.41) is 5.33. The van der Waals surface area contributed by atoms with Gasteiger partial charge in [-0.3, -0.25) is 9.88 Å². The number of nitrogens with one attached hydrogen (secondary N) is 1. The molecule has 6 nitrogen and oxygen atoms in total. The molecule has 2 aliphatic heterocycles. The fourth-order valence-electron chi connectivity index (χ4n) is 5.51. The van der Waals surface area contributed by atoms with E-state index < -0.39 is 0 Å². The molecule has 3 heterocycles. The molecule has 0 saturated carbocycles. The molecule has 3 aromatic carbocycles. The predicted octanol–water partition coefficient (Wildman–Crippen LogP) is 5.89. The Kier molecular flexibility index (Phi) is 6.10. The highest BCUT2D eigenvalue weighted by Crippen LogP contribution is 2.37. The number of rotatable bonds is 4. The van der Waals surface area contributed by atoms with Crippen molar-refractivity contribution < 1.29 is 4.79 Å². The van der Waals surface area contributed by atoms with Crippen LogP contribution >= 0.6 is 0 Å². The van der Waals surface area contributed by atoms with Gasteiger partial charge in [0, 0.05) is 56.2 Å². The van der Waals surface area contributed by atoms with Crippen molar-refractivity contribution in [3.05, 3.63) is 90.8 Å². The minimum absolute atomic E-state index is 0.101. The maximum Gasteiger partial charge on any atom is 0.326 e. The van der Waals surface area contributed by atoms with E-state index in [4.69, 9.17) is 0 Å². The van der Waals surface area contributed by atoms with Gasteiger partial charge < -0.3 is 15.1 Å². The highest BCUT2D eigenvalue weighted by molar-refractivity contribution is 6.11. The minimum atomic E-state index is -0.101. The van der Waals surface area contributed by atoms with E-state index in [9.17, 15) is 4.79 Å². The number of anilines is 3. The molecule has 0 aliphatic carbocycles. The molecule has 4 aromatic rings. The zero-order chi connectivity index (χ0) is 25.4. The summed E-state index contributed by atoms with van der Waals surface area (Å²) < 4.78 is 0. The lowest BCUT2D eigenvalue weighted by molar-refractivity contribution is 0.257. The Hall–Kier alpha value is -4.16. The molecule has 186 valence electrons. The SMILES string of the molecule is C=Cc1cc2c(cc1N1CCN(C)CC1)N(C(=O)Nc1ccc(-c3ccncc3)c3ccccc13)CC2. The first kappa shape index (κ1) is 23.3. The van der Waals surface area contributed by atoms with Crippen LogP contribution in [-0.2, 0) is 6.42 Å². The summed E-state index contributed by atoms with van der Waals surface area (Å²) in [5.41, 5.74) is 7.53. The van der Waals surface area contributed by atoms with Crippen LogP contribution < -0.4 is 15.1 Å². The number of aromatic nitrogens is 1. The largest absolute Gasteiger partial charge is 0.368 e. The number of carbonyl (C=O) groups excluding carboxylic acids is 1. The lowest BCUT2D eigenvalue weighted by atomic mass is 9.98. The van der Waals surface area contributed by atoms with E-state index in [0.717, 1.165) is 77.1 Å². The van der Waals surface area contributed by atoms with E-state index in [0.29, 0.717) is 6.54 Å². The third kappa shape index (κ3) is 4.34. The maximum absolute atomic E-state index is 13.6. The van der Waals surface area contributed by atoms with Crippen LogP contribution in [0.1, 0.15) is 11.1 Å². The third-order valence-corrected chi connectivity index (χ3v) is 7.59. The summed E-state index contributed by atoms with van der Waals surface area (Å²) in [6.45, 7) is 8.72. The van der Waals surface area contributed by atoms with Gasteiger partial charge in [-0.15, -0.1) is 0 Å². The summed E-state index contributed by atoms with van der Waals surface area (Å²) in [7, 11) is 2.16. The molecule has 37 heavy (non-hydrogen) atoms. The lowest BCUT2D eigenvalue weighted by Gasteiger charge is -2.35. The highest BCUT2D eigenvalue weighted by Gasteiger charge is 2.28. The van der Waals surface area contributed by atoms with Crippen molar-refractivity contribution in [1.29, 1.82) is 0 Å². The zero-order valence-electron chi connectivity index (χ0n) is 21.2. The van der Waals surface area contributed by atoms with Gasteiger partial charge in [-0.2, -0.15) is 0 Å². The summed E-state index contributed by atoms with van der Waals surface area (Å²) in [6.07, 6.45) is 6.39. The van der Waals surface area contributed by atoms with Gasteiger partial charge in [-0.1, -0.05) is 43.0 Å². The second-order valence-electron chi connectivity index (χ2n) is 9.81. The van der Waals surface area contributed by atoms with Crippen LogP contribution in [0.15, 0.2) is 79.6 Å². The first-order valence-corrected chi connectivity index (χ1v) is 12.9. The molecule has 0 atom stereocenters. The second kappa shape index (κ2) is 9.71. The van der Waals surface area contributed by atoms with E-state index in [1.807, 2.05) is 41.3 Å². The van der Waals surface area contributed by atoms with Crippen LogP contribution in [0.2, 0.25) is 0 Å². The highest BCUT2D eigenvalue weighted by atomic mass is 16.2. The van der Waals surface area contributed by atoms with Gasteiger partial charge in [-0.05, 0) is 71.4 Å². The van der Waals surface area contributed by atoms with Crippen molar-refractivity contribution in [3.63, 3.8) is 0 Å². The van der Waals surface area contributed by atoms with Crippen LogP contribution in [-0.4, -0.2) is 55.7 Å². The molecular formula is C31H31N5O. The van der Waals surface area contributed by atoms with E-state index in [-0.39, 0.29) is 6.03 Å². The summed E-state index contributed by atoms with van der Waals surface area (Å²) >= 11 is 0. The van der Waals surface area contributed by atoms with Crippen LogP contribution in [0.3, 0.4) is 0 Å². The Balaban J connectivity index is 1.31. The van der Waals surface area contributed by atoms with E-state index in [2.05, 4.69) is 64.1 Å². The van der Waals surface area contributed by atoms with Crippen molar-refractivity contribution in [1.82, 2.24) is 9.88 Å². The number of piperazine rings is 1. The summed E-state index contributed by atoms with van der Waals surface area (Å²) in [6, 6.07) is 20.6. The molecule has 0 radical (unpaired) electrons. The number of hydrogen-bond acceptors (Lipinski definition) is 4. The predicted molar refractivity (Wildman–Crippen MR) is 153 cm³/mol. The number of pyridine rings is 1. The van der Waals surface area contributed by atoms with Crippen molar-refractivity contribution >= 4 is 39.9 Å². The number of likely N-dealkylation sites (N-methyl/N-ethyl adjacent to an activating group) is 1. The first-order valence-electron chi connectivity index (χ1n) is 12.9. The van der Waals surface area contributed by atoms with E-state index in [1.165, 1.54) is 5.56 Å². The fourth-order valence-corrected chi connectivity index (χ4v) is 5.51. The third-order valence-electron chi connectivity index (χ3n) is 7.59.